The van der Waals surface area contributed by atoms with Crippen LogP contribution in [0.3, 0.4) is 0 Å². The van der Waals surface area contributed by atoms with E-state index in [-0.39, 0.29) is 11.9 Å². The van der Waals surface area contributed by atoms with Gasteiger partial charge in [-0.3, -0.25) is 9.52 Å². The van der Waals surface area contributed by atoms with Gasteiger partial charge < -0.3 is 10.1 Å². The molecule has 2 aromatic rings. The van der Waals surface area contributed by atoms with Crippen LogP contribution in [0.15, 0.2) is 42.5 Å². The number of hydrogen-bond donors (Lipinski definition) is 2. The summed E-state index contributed by atoms with van der Waals surface area (Å²) in [5.41, 5.74) is 2.90. The predicted octanol–water partition coefficient (Wildman–Crippen LogP) is 3.26. The molecule has 7 heteroatoms. The van der Waals surface area contributed by atoms with Crippen molar-refractivity contribution >= 4 is 21.6 Å². The quantitative estimate of drug-likeness (QED) is 0.777. The van der Waals surface area contributed by atoms with Gasteiger partial charge in [-0.1, -0.05) is 19.1 Å². The molecular formula is C19H24N2O4S. The molecule has 1 amide bonds. The van der Waals surface area contributed by atoms with Gasteiger partial charge in [-0.25, -0.2) is 8.42 Å². The normalized spacial score (nSPS) is 12.3. The van der Waals surface area contributed by atoms with Gasteiger partial charge in [0.05, 0.1) is 19.4 Å². The summed E-state index contributed by atoms with van der Waals surface area (Å²) >= 11 is 0. The highest BCUT2D eigenvalue weighted by Crippen LogP contribution is 2.24. The molecule has 140 valence electrons. The van der Waals surface area contributed by atoms with Gasteiger partial charge in [-0.2, -0.15) is 0 Å². The Bertz CT molecular complexity index is 877. The summed E-state index contributed by atoms with van der Waals surface area (Å²) in [6, 6.07) is 12.0. The number of anilines is 1. The highest BCUT2D eigenvalue weighted by Gasteiger charge is 2.15. The third-order valence-electron chi connectivity index (χ3n) is 3.99. The first-order valence-corrected chi connectivity index (χ1v) is 10.2. The molecule has 0 aliphatic carbocycles. The fraction of sp³-hybridized carbons (Fsp3) is 0.316. The maximum Gasteiger partial charge on any atom is 0.251 e. The number of ether oxygens (including phenoxy) is 1. The van der Waals surface area contributed by atoms with Crippen LogP contribution in [-0.2, 0) is 10.0 Å². The number of benzene rings is 2. The Hall–Kier alpha value is -2.54. The number of carbonyl (C=O) groups excluding carboxylic acids is 1. The standard InChI is InChI=1S/C19H24N2O4S/c1-5-17(15-8-11-18(25-3)13(2)12-15)20-19(22)14-6-9-16(10-7-14)21-26(4,23)24/h6-12,17,21H,5H2,1-4H3,(H,20,22)/t17-/m1/s1. The van der Waals surface area contributed by atoms with Crippen LogP contribution in [0.5, 0.6) is 5.75 Å². The van der Waals surface area contributed by atoms with E-state index in [2.05, 4.69) is 10.0 Å². The monoisotopic (exact) mass is 376 g/mol. The van der Waals surface area contributed by atoms with Crippen molar-refractivity contribution in [3.05, 3.63) is 59.2 Å². The molecule has 0 bridgehead atoms. The minimum Gasteiger partial charge on any atom is -0.496 e. The van der Waals surface area contributed by atoms with E-state index in [4.69, 9.17) is 4.74 Å². The van der Waals surface area contributed by atoms with Crippen molar-refractivity contribution in [1.29, 1.82) is 0 Å². The number of hydrogen-bond acceptors (Lipinski definition) is 4. The Labute approximate surface area is 154 Å². The second-order valence-electron chi connectivity index (χ2n) is 6.11. The van der Waals surface area contributed by atoms with Crippen LogP contribution in [0.1, 0.15) is 40.9 Å². The Balaban J connectivity index is 2.12. The van der Waals surface area contributed by atoms with E-state index in [0.29, 0.717) is 11.3 Å². The Kier molecular flexibility index (Phi) is 6.26. The molecule has 0 heterocycles. The van der Waals surface area contributed by atoms with Crippen molar-refractivity contribution in [1.82, 2.24) is 5.32 Å². The molecule has 2 N–H and O–H groups in total. The molecule has 6 nitrogen and oxygen atoms in total. The van der Waals surface area contributed by atoms with Gasteiger partial charge in [0, 0.05) is 11.3 Å². The van der Waals surface area contributed by atoms with Crippen LogP contribution in [0, 0.1) is 6.92 Å². The zero-order chi connectivity index (χ0) is 19.3. The molecule has 2 aromatic carbocycles. The topological polar surface area (TPSA) is 84.5 Å². The van der Waals surface area contributed by atoms with Gasteiger partial charge in [-0.05, 0) is 54.8 Å². The van der Waals surface area contributed by atoms with Crippen molar-refractivity contribution in [3.8, 4) is 5.75 Å². The summed E-state index contributed by atoms with van der Waals surface area (Å²) in [5, 5.41) is 3.01. The van der Waals surface area contributed by atoms with Crippen molar-refractivity contribution in [2.24, 2.45) is 0 Å². The van der Waals surface area contributed by atoms with E-state index in [1.54, 1.807) is 31.4 Å². The maximum absolute atomic E-state index is 12.5. The van der Waals surface area contributed by atoms with E-state index in [9.17, 15) is 13.2 Å². The number of sulfonamides is 1. The summed E-state index contributed by atoms with van der Waals surface area (Å²) in [7, 11) is -1.71. The summed E-state index contributed by atoms with van der Waals surface area (Å²) in [6.45, 7) is 3.97. The first-order chi connectivity index (χ1) is 12.2. The smallest absolute Gasteiger partial charge is 0.251 e. The molecule has 0 aromatic heterocycles. The molecule has 0 unspecified atom stereocenters. The van der Waals surface area contributed by atoms with Crippen LogP contribution in [0.2, 0.25) is 0 Å². The molecule has 0 radical (unpaired) electrons. The van der Waals surface area contributed by atoms with Gasteiger partial charge in [0.2, 0.25) is 10.0 Å². The van der Waals surface area contributed by atoms with E-state index >= 15 is 0 Å². The highest BCUT2D eigenvalue weighted by atomic mass is 32.2. The summed E-state index contributed by atoms with van der Waals surface area (Å²) in [6.07, 6.45) is 1.82. The summed E-state index contributed by atoms with van der Waals surface area (Å²) in [5.74, 6) is 0.597. The fourth-order valence-corrected chi connectivity index (χ4v) is 3.25. The number of rotatable bonds is 7. The molecule has 0 aliphatic heterocycles. The number of carbonyl (C=O) groups is 1. The van der Waals surface area contributed by atoms with E-state index in [0.717, 1.165) is 29.6 Å². The van der Waals surface area contributed by atoms with Crippen LogP contribution in [0.4, 0.5) is 5.69 Å². The molecule has 0 spiro atoms. The molecule has 26 heavy (non-hydrogen) atoms. The van der Waals surface area contributed by atoms with Crippen molar-refractivity contribution < 1.29 is 17.9 Å². The molecule has 2 rings (SSSR count). The van der Waals surface area contributed by atoms with Crippen LogP contribution in [0.25, 0.3) is 0 Å². The number of amides is 1. The van der Waals surface area contributed by atoms with Crippen LogP contribution >= 0.6 is 0 Å². The number of nitrogens with one attached hydrogen (secondary N) is 2. The van der Waals surface area contributed by atoms with Gasteiger partial charge in [0.1, 0.15) is 5.75 Å². The van der Waals surface area contributed by atoms with Crippen LogP contribution in [-0.4, -0.2) is 27.7 Å². The van der Waals surface area contributed by atoms with Crippen molar-refractivity contribution in [2.45, 2.75) is 26.3 Å². The number of aryl methyl sites for hydroxylation is 1. The second kappa shape index (κ2) is 8.23. The lowest BCUT2D eigenvalue weighted by atomic mass is 10.0. The lowest BCUT2D eigenvalue weighted by molar-refractivity contribution is 0.0935. The average molecular weight is 376 g/mol. The van der Waals surface area contributed by atoms with Gasteiger partial charge in [-0.15, -0.1) is 0 Å². The third-order valence-corrected chi connectivity index (χ3v) is 4.59. The molecule has 0 saturated carbocycles. The summed E-state index contributed by atoms with van der Waals surface area (Å²) in [4.78, 5) is 12.5. The van der Waals surface area contributed by atoms with Gasteiger partial charge >= 0.3 is 0 Å². The first-order valence-electron chi connectivity index (χ1n) is 8.26. The number of methoxy groups -OCH3 is 1. The molecule has 0 saturated heterocycles. The van der Waals surface area contributed by atoms with E-state index < -0.39 is 10.0 Å². The lowest BCUT2D eigenvalue weighted by Crippen LogP contribution is -2.28. The second-order valence-corrected chi connectivity index (χ2v) is 7.86. The molecule has 0 fully saturated rings. The van der Waals surface area contributed by atoms with E-state index in [1.807, 2.05) is 32.0 Å². The van der Waals surface area contributed by atoms with E-state index in [1.165, 1.54) is 0 Å². The minimum atomic E-state index is -3.34. The zero-order valence-electron chi connectivity index (χ0n) is 15.4. The van der Waals surface area contributed by atoms with Crippen LogP contribution < -0.4 is 14.8 Å². The van der Waals surface area contributed by atoms with Gasteiger partial charge in [0.25, 0.3) is 5.91 Å². The highest BCUT2D eigenvalue weighted by molar-refractivity contribution is 7.92. The average Bonchev–Trinajstić information content (AvgIpc) is 2.58. The Morgan fingerprint density at radius 2 is 1.81 bits per heavy atom. The molecule has 0 aliphatic rings. The minimum absolute atomic E-state index is 0.124. The maximum atomic E-state index is 12.5. The van der Waals surface area contributed by atoms with Crippen molar-refractivity contribution in [3.63, 3.8) is 0 Å². The first kappa shape index (κ1) is 19.8. The fourth-order valence-electron chi connectivity index (χ4n) is 2.68. The molecular weight excluding hydrogens is 352 g/mol. The Morgan fingerprint density at radius 1 is 1.15 bits per heavy atom. The van der Waals surface area contributed by atoms with Crippen molar-refractivity contribution in [2.75, 3.05) is 18.1 Å². The SMILES string of the molecule is CC[C@@H](NC(=O)c1ccc(NS(C)(=O)=O)cc1)c1ccc(OC)c(C)c1. The Morgan fingerprint density at radius 3 is 2.31 bits per heavy atom. The lowest BCUT2D eigenvalue weighted by Gasteiger charge is -2.19. The molecule has 1 atom stereocenters. The summed E-state index contributed by atoms with van der Waals surface area (Å²) < 4.78 is 30.1. The van der Waals surface area contributed by atoms with Gasteiger partial charge in [0.15, 0.2) is 0 Å². The zero-order valence-corrected chi connectivity index (χ0v) is 16.2. The predicted molar refractivity (Wildman–Crippen MR) is 103 cm³/mol. The largest absolute Gasteiger partial charge is 0.496 e. The third kappa shape index (κ3) is 5.23.